The molecule has 0 saturated heterocycles. The molecule has 2 amide bonds. The molecular weight excluding hydrogens is 450 g/mol. The first-order valence-corrected chi connectivity index (χ1v) is 11.1. The summed E-state index contributed by atoms with van der Waals surface area (Å²) in [6, 6.07) is 19.2. The Labute approximate surface area is 202 Å². The van der Waals surface area contributed by atoms with Crippen molar-refractivity contribution in [1.82, 2.24) is 10.3 Å². The van der Waals surface area contributed by atoms with Crippen molar-refractivity contribution >= 4 is 23.7 Å². The van der Waals surface area contributed by atoms with Gasteiger partial charge in [-0.2, -0.15) is 0 Å². The molecule has 2 aromatic carbocycles. The molecule has 4 rings (SSSR count). The SMILES string of the molecule is COC(CCNC(=O)c1ncccc1NC(=O)OCC1c2ccccc2-c2ccccc21)C(=O)O. The summed E-state index contributed by atoms with van der Waals surface area (Å²) >= 11 is 0. The fraction of sp³-hybridized carbons (Fsp3) is 0.231. The predicted octanol–water partition coefficient (Wildman–Crippen LogP) is 3.66. The van der Waals surface area contributed by atoms with Crippen molar-refractivity contribution in [3.8, 4) is 11.1 Å². The molecule has 9 heteroatoms. The predicted molar refractivity (Wildman–Crippen MR) is 128 cm³/mol. The van der Waals surface area contributed by atoms with Crippen molar-refractivity contribution in [1.29, 1.82) is 0 Å². The van der Waals surface area contributed by atoms with E-state index < -0.39 is 24.1 Å². The first-order valence-electron chi connectivity index (χ1n) is 11.1. The highest BCUT2D eigenvalue weighted by Gasteiger charge is 2.29. The van der Waals surface area contributed by atoms with Crippen molar-refractivity contribution in [2.45, 2.75) is 18.4 Å². The number of carboxylic acid groups (broad SMARTS) is 1. The van der Waals surface area contributed by atoms with E-state index in [0.717, 1.165) is 22.3 Å². The van der Waals surface area contributed by atoms with E-state index in [4.69, 9.17) is 14.6 Å². The van der Waals surface area contributed by atoms with Crippen LogP contribution in [0.2, 0.25) is 0 Å². The maximum Gasteiger partial charge on any atom is 0.411 e. The third kappa shape index (κ3) is 5.30. The number of hydrogen-bond acceptors (Lipinski definition) is 6. The Morgan fingerprint density at radius 1 is 1.00 bits per heavy atom. The van der Waals surface area contributed by atoms with E-state index in [9.17, 15) is 14.4 Å². The van der Waals surface area contributed by atoms with Gasteiger partial charge in [0.15, 0.2) is 11.8 Å². The van der Waals surface area contributed by atoms with Crippen LogP contribution in [-0.2, 0) is 14.3 Å². The number of anilines is 1. The van der Waals surface area contributed by atoms with Gasteiger partial charge in [0.1, 0.15) is 6.61 Å². The van der Waals surface area contributed by atoms with Crippen LogP contribution in [0, 0.1) is 0 Å². The Morgan fingerprint density at radius 3 is 2.29 bits per heavy atom. The average molecular weight is 476 g/mol. The Kier molecular flexibility index (Phi) is 7.37. The molecule has 1 aliphatic carbocycles. The van der Waals surface area contributed by atoms with E-state index in [1.807, 2.05) is 36.4 Å². The van der Waals surface area contributed by atoms with Gasteiger partial charge in [0.25, 0.3) is 5.91 Å². The van der Waals surface area contributed by atoms with Gasteiger partial charge in [-0.25, -0.2) is 14.6 Å². The third-order valence-corrected chi connectivity index (χ3v) is 5.86. The van der Waals surface area contributed by atoms with Crippen molar-refractivity contribution in [2.24, 2.45) is 0 Å². The number of hydrogen-bond donors (Lipinski definition) is 3. The van der Waals surface area contributed by atoms with Crippen LogP contribution in [0.3, 0.4) is 0 Å². The number of carbonyl (C=O) groups is 3. The molecule has 0 bridgehead atoms. The summed E-state index contributed by atoms with van der Waals surface area (Å²) in [5.74, 6) is -1.76. The molecule has 1 unspecified atom stereocenters. The molecule has 0 aliphatic heterocycles. The Bertz CT molecular complexity index is 1200. The molecule has 0 saturated carbocycles. The lowest BCUT2D eigenvalue weighted by atomic mass is 9.98. The number of nitrogens with zero attached hydrogens (tertiary/aromatic N) is 1. The average Bonchev–Trinajstić information content (AvgIpc) is 3.19. The molecule has 1 aromatic heterocycles. The number of nitrogens with one attached hydrogen (secondary N) is 2. The third-order valence-electron chi connectivity index (χ3n) is 5.86. The zero-order valence-electron chi connectivity index (χ0n) is 19.1. The summed E-state index contributed by atoms with van der Waals surface area (Å²) < 4.78 is 10.4. The second-order valence-electron chi connectivity index (χ2n) is 7.96. The van der Waals surface area contributed by atoms with Crippen molar-refractivity contribution in [2.75, 3.05) is 25.6 Å². The summed E-state index contributed by atoms with van der Waals surface area (Å²) in [4.78, 5) is 40.3. The minimum Gasteiger partial charge on any atom is -0.479 e. The molecule has 0 spiro atoms. The zero-order chi connectivity index (χ0) is 24.8. The highest BCUT2D eigenvalue weighted by Crippen LogP contribution is 2.44. The highest BCUT2D eigenvalue weighted by atomic mass is 16.5. The number of rotatable bonds is 9. The van der Waals surface area contributed by atoms with Gasteiger partial charge < -0.3 is 19.9 Å². The number of amides is 2. The van der Waals surface area contributed by atoms with Crippen LogP contribution < -0.4 is 10.6 Å². The Morgan fingerprint density at radius 2 is 1.66 bits per heavy atom. The summed E-state index contributed by atoms with van der Waals surface area (Å²) in [7, 11) is 1.29. The lowest BCUT2D eigenvalue weighted by molar-refractivity contribution is -0.148. The van der Waals surface area contributed by atoms with Gasteiger partial charge in [-0.1, -0.05) is 48.5 Å². The van der Waals surface area contributed by atoms with Crippen molar-refractivity contribution in [3.63, 3.8) is 0 Å². The second kappa shape index (κ2) is 10.8. The smallest absolute Gasteiger partial charge is 0.411 e. The van der Waals surface area contributed by atoms with E-state index in [2.05, 4.69) is 27.8 Å². The first kappa shape index (κ1) is 23.9. The maximum absolute atomic E-state index is 12.6. The number of ether oxygens (including phenoxy) is 2. The molecule has 1 heterocycles. The van der Waals surface area contributed by atoms with Crippen molar-refractivity contribution in [3.05, 3.63) is 83.7 Å². The van der Waals surface area contributed by atoms with Crippen LogP contribution in [0.4, 0.5) is 10.5 Å². The van der Waals surface area contributed by atoms with Crippen LogP contribution in [0.1, 0.15) is 34.0 Å². The van der Waals surface area contributed by atoms with Crippen LogP contribution >= 0.6 is 0 Å². The number of benzene rings is 2. The lowest BCUT2D eigenvalue weighted by Gasteiger charge is -2.15. The number of fused-ring (bicyclic) bond motifs is 3. The van der Waals surface area contributed by atoms with E-state index in [-0.39, 0.29) is 36.9 Å². The molecule has 0 radical (unpaired) electrons. The number of aromatic nitrogens is 1. The maximum atomic E-state index is 12.6. The summed E-state index contributed by atoms with van der Waals surface area (Å²) in [6.45, 7) is 0.194. The normalized spacial score (nSPS) is 12.8. The van der Waals surface area contributed by atoms with Gasteiger partial charge in [-0.3, -0.25) is 10.1 Å². The molecular formula is C26H25N3O6. The van der Waals surface area contributed by atoms with Gasteiger partial charge in [-0.15, -0.1) is 0 Å². The van der Waals surface area contributed by atoms with E-state index in [0.29, 0.717) is 0 Å². The molecule has 3 aromatic rings. The number of pyridine rings is 1. The van der Waals surface area contributed by atoms with Crippen LogP contribution in [0.5, 0.6) is 0 Å². The monoisotopic (exact) mass is 475 g/mol. The van der Waals surface area contributed by atoms with Gasteiger partial charge in [0, 0.05) is 32.2 Å². The Hall–Kier alpha value is -4.24. The molecule has 1 aliphatic rings. The number of carbonyl (C=O) groups excluding carboxylic acids is 2. The number of aliphatic carboxylic acids is 1. The highest BCUT2D eigenvalue weighted by molar-refractivity contribution is 6.00. The first-order chi connectivity index (χ1) is 17.0. The molecule has 3 N–H and O–H groups in total. The fourth-order valence-electron chi connectivity index (χ4n) is 4.17. The summed E-state index contributed by atoms with van der Waals surface area (Å²) in [5.41, 5.74) is 4.62. The van der Waals surface area contributed by atoms with E-state index in [1.165, 1.54) is 13.3 Å². The zero-order valence-corrected chi connectivity index (χ0v) is 19.1. The largest absolute Gasteiger partial charge is 0.479 e. The molecule has 1 atom stereocenters. The topological polar surface area (TPSA) is 127 Å². The van der Waals surface area contributed by atoms with Gasteiger partial charge >= 0.3 is 12.1 Å². The molecule has 0 fully saturated rings. The quantitative estimate of drug-likeness (QED) is 0.431. The molecule has 180 valence electrons. The van der Waals surface area contributed by atoms with Crippen LogP contribution in [0.25, 0.3) is 11.1 Å². The van der Waals surface area contributed by atoms with Crippen LogP contribution in [0.15, 0.2) is 66.9 Å². The van der Waals surface area contributed by atoms with Gasteiger partial charge in [0.2, 0.25) is 0 Å². The van der Waals surface area contributed by atoms with E-state index in [1.54, 1.807) is 12.1 Å². The fourth-order valence-corrected chi connectivity index (χ4v) is 4.17. The lowest BCUT2D eigenvalue weighted by Crippen LogP contribution is -2.32. The minimum atomic E-state index is -1.11. The van der Waals surface area contributed by atoms with Crippen LogP contribution in [-0.4, -0.2) is 54.4 Å². The van der Waals surface area contributed by atoms with Gasteiger partial charge in [-0.05, 0) is 34.4 Å². The van der Waals surface area contributed by atoms with Gasteiger partial charge in [0.05, 0.1) is 5.69 Å². The molecule has 9 nitrogen and oxygen atoms in total. The Balaban J connectivity index is 1.38. The number of carboxylic acids is 1. The van der Waals surface area contributed by atoms with E-state index >= 15 is 0 Å². The second-order valence-corrected chi connectivity index (χ2v) is 7.96. The number of methoxy groups -OCH3 is 1. The minimum absolute atomic E-state index is 0.00898. The molecule has 35 heavy (non-hydrogen) atoms. The summed E-state index contributed by atoms with van der Waals surface area (Å²) in [5, 5.41) is 14.2. The standard InChI is InChI=1S/C26H25N3O6/c1-34-22(25(31)32)12-14-28-24(30)23-21(11-6-13-27-23)29-26(33)35-15-20-18-9-4-2-7-16(18)17-8-3-5-10-19(17)20/h2-11,13,20,22H,12,14-15H2,1H3,(H,28,30)(H,29,33)(H,31,32). The van der Waals surface area contributed by atoms with Crippen molar-refractivity contribution < 1.29 is 29.0 Å². The summed E-state index contributed by atoms with van der Waals surface area (Å²) in [6.07, 6.45) is -0.233.